The van der Waals surface area contributed by atoms with Gasteiger partial charge >= 0.3 is 5.97 Å². The maximum atomic E-state index is 12.1. The van der Waals surface area contributed by atoms with Crippen molar-refractivity contribution in [3.05, 3.63) is 42.2 Å². The highest BCUT2D eigenvalue weighted by Crippen LogP contribution is 2.12. The zero-order valence-electron chi connectivity index (χ0n) is 19.8. The van der Waals surface area contributed by atoms with E-state index in [0.29, 0.717) is 30.8 Å². The average molecular weight is 451 g/mol. The van der Waals surface area contributed by atoms with Crippen LogP contribution in [0, 0.1) is 0 Å². The molecule has 0 radical (unpaired) electrons. The summed E-state index contributed by atoms with van der Waals surface area (Å²) in [4.78, 5) is 38.1. The summed E-state index contributed by atoms with van der Waals surface area (Å²) in [5, 5.41) is 4.00. The Hall–Kier alpha value is -3.11. The molecular formula is C22H38N6O4. The summed E-state index contributed by atoms with van der Waals surface area (Å²) in [7, 11) is 3.41. The Morgan fingerprint density at radius 1 is 1.12 bits per heavy atom. The fourth-order valence-corrected chi connectivity index (χ4v) is 2.53. The van der Waals surface area contributed by atoms with Crippen molar-refractivity contribution in [2.24, 2.45) is 11.6 Å². The lowest BCUT2D eigenvalue weighted by molar-refractivity contribution is -0.140. The number of rotatable bonds is 6. The fraction of sp³-hybridized carbons (Fsp3) is 0.500. The highest BCUT2D eigenvalue weighted by molar-refractivity contribution is 5.96. The zero-order chi connectivity index (χ0) is 24.5. The number of amides is 2. The van der Waals surface area contributed by atoms with Crippen LogP contribution in [0.1, 0.15) is 37.6 Å². The van der Waals surface area contributed by atoms with E-state index >= 15 is 0 Å². The van der Waals surface area contributed by atoms with Crippen molar-refractivity contribution < 1.29 is 19.1 Å². The molecule has 1 aromatic rings. The number of nitrogens with one attached hydrogen (secondary N) is 1. The van der Waals surface area contributed by atoms with Gasteiger partial charge in [0.1, 0.15) is 0 Å². The monoisotopic (exact) mass is 450 g/mol. The van der Waals surface area contributed by atoms with Crippen LogP contribution in [0.3, 0.4) is 0 Å². The number of anilines is 1. The second kappa shape index (κ2) is 16.6. The minimum absolute atomic E-state index is 0.00320. The molecule has 10 nitrogen and oxygen atoms in total. The van der Waals surface area contributed by atoms with Crippen LogP contribution in [0.25, 0.3) is 0 Å². The molecule has 1 fully saturated rings. The number of esters is 1. The molecule has 180 valence electrons. The van der Waals surface area contributed by atoms with Gasteiger partial charge in [-0.05, 0) is 31.3 Å². The van der Waals surface area contributed by atoms with E-state index in [0.717, 1.165) is 13.1 Å². The molecule has 2 amide bonds. The van der Waals surface area contributed by atoms with Gasteiger partial charge in [0.15, 0.2) is 0 Å². The summed E-state index contributed by atoms with van der Waals surface area (Å²) in [6.45, 7) is 8.86. The Morgan fingerprint density at radius 2 is 1.69 bits per heavy atom. The quantitative estimate of drug-likeness (QED) is 0.331. The van der Waals surface area contributed by atoms with Crippen molar-refractivity contribution in [3.63, 3.8) is 0 Å². The van der Waals surface area contributed by atoms with Gasteiger partial charge in [-0.1, -0.05) is 20.8 Å². The minimum Gasteiger partial charge on any atom is -0.469 e. The van der Waals surface area contributed by atoms with Crippen LogP contribution in [0.4, 0.5) is 5.69 Å². The van der Waals surface area contributed by atoms with Crippen LogP contribution in [0.15, 0.2) is 36.7 Å². The van der Waals surface area contributed by atoms with Gasteiger partial charge in [0, 0.05) is 50.6 Å². The third-order valence-corrected chi connectivity index (χ3v) is 4.45. The van der Waals surface area contributed by atoms with Crippen molar-refractivity contribution in [2.75, 3.05) is 51.9 Å². The minimum atomic E-state index is -0.290. The van der Waals surface area contributed by atoms with Gasteiger partial charge in [0.2, 0.25) is 5.91 Å². The first kappa shape index (κ1) is 28.9. The topological polar surface area (TPSA) is 134 Å². The maximum absolute atomic E-state index is 12.1. The second-order valence-corrected chi connectivity index (χ2v) is 6.59. The van der Waals surface area contributed by atoms with Crippen molar-refractivity contribution in [1.82, 2.24) is 15.1 Å². The van der Waals surface area contributed by atoms with Crippen LogP contribution in [-0.4, -0.2) is 74.5 Å². The molecule has 1 aromatic carbocycles. The van der Waals surface area contributed by atoms with Crippen LogP contribution in [0.2, 0.25) is 0 Å². The molecule has 0 bridgehead atoms. The number of nitrogens with two attached hydrogens (primary N) is 2. The number of hydrogen-bond donors (Lipinski definition) is 3. The summed E-state index contributed by atoms with van der Waals surface area (Å²) < 4.78 is 4.26. The Kier molecular flexibility index (Phi) is 15.0. The zero-order valence-corrected chi connectivity index (χ0v) is 19.8. The number of ether oxygens (including phenoxy) is 1. The van der Waals surface area contributed by atoms with Gasteiger partial charge in [-0.15, -0.1) is 0 Å². The van der Waals surface area contributed by atoms with Gasteiger partial charge < -0.3 is 25.6 Å². The maximum Gasteiger partial charge on any atom is 0.305 e. The van der Waals surface area contributed by atoms with Crippen LogP contribution >= 0.6 is 0 Å². The van der Waals surface area contributed by atoms with Gasteiger partial charge in [-0.3, -0.25) is 19.4 Å². The van der Waals surface area contributed by atoms with Crippen LogP contribution < -0.4 is 21.9 Å². The standard InChI is InChI=1S/C16H24N6O2.C4H8O2.C2H6/c1-20-8-10-21(11-9-20)15(23)12-19-16(24)13-2-4-14(5-3-13)22(18)7-6-17;1-3-4(5)6-2;1-2/h2-7H,8-12,17-18H2,1H3,(H,19,24);3H2,1-2H3;1-2H3/b7-6-;;. The third-order valence-electron chi connectivity index (χ3n) is 4.45. The average Bonchev–Trinajstić information content (AvgIpc) is 2.84. The largest absolute Gasteiger partial charge is 0.469 e. The summed E-state index contributed by atoms with van der Waals surface area (Å²) in [6, 6.07) is 6.71. The molecule has 10 heteroatoms. The van der Waals surface area contributed by atoms with E-state index in [1.165, 1.54) is 24.5 Å². The first-order valence-electron chi connectivity index (χ1n) is 10.7. The smallest absolute Gasteiger partial charge is 0.305 e. The number of hydrogen-bond acceptors (Lipinski definition) is 8. The van der Waals surface area contributed by atoms with Crippen molar-refractivity contribution in [3.8, 4) is 0 Å². The van der Waals surface area contributed by atoms with Crippen LogP contribution in [0.5, 0.6) is 0 Å². The number of nitrogens with zero attached hydrogens (tertiary/aromatic N) is 3. The number of carbonyl (C=O) groups is 3. The molecule has 2 rings (SSSR count). The highest BCUT2D eigenvalue weighted by Gasteiger charge is 2.19. The number of piperazine rings is 1. The number of carbonyl (C=O) groups excluding carboxylic acids is 3. The van der Waals surface area contributed by atoms with E-state index in [9.17, 15) is 14.4 Å². The highest BCUT2D eigenvalue weighted by atomic mass is 16.5. The van der Waals surface area contributed by atoms with E-state index in [-0.39, 0.29) is 24.3 Å². The van der Waals surface area contributed by atoms with Gasteiger partial charge in [0.05, 0.1) is 19.3 Å². The molecule has 0 aromatic heterocycles. The summed E-state index contributed by atoms with van der Waals surface area (Å²) in [6.07, 6.45) is 3.30. The Balaban J connectivity index is 0.00000104. The number of likely N-dealkylation sites (N-methyl/N-ethyl adjacent to an activating group) is 1. The van der Waals surface area contributed by atoms with E-state index in [4.69, 9.17) is 11.6 Å². The lowest BCUT2D eigenvalue weighted by Gasteiger charge is -2.32. The molecule has 1 aliphatic heterocycles. The first-order chi connectivity index (χ1) is 15.3. The molecule has 0 saturated carbocycles. The van der Waals surface area contributed by atoms with Gasteiger partial charge in [-0.2, -0.15) is 0 Å². The number of methoxy groups -OCH3 is 1. The van der Waals surface area contributed by atoms with E-state index in [1.807, 2.05) is 20.9 Å². The number of benzene rings is 1. The predicted octanol–water partition coefficient (Wildman–Crippen LogP) is 0.896. The normalized spacial score (nSPS) is 13.2. The molecule has 1 heterocycles. The Bertz CT molecular complexity index is 710. The van der Waals surface area contributed by atoms with Crippen molar-refractivity contribution in [2.45, 2.75) is 27.2 Å². The lowest BCUT2D eigenvalue weighted by atomic mass is 10.2. The molecular weight excluding hydrogens is 412 g/mol. The molecule has 32 heavy (non-hydrogen) atoms. The van der Waals surface area contributed by atoms with Crippen LogP contribution in [-0.2, 0) is 14.3 Å². The van der Waals surface area contributed by atoms with Crippen molar-refractivity contribution >= 4 is 23.5 Å². The lowest BCUT2D eigenvalue weighted by Crippen LogP contribution is -2.50. The predicted molar refractivity (Wildman–Crippen MR) is 127 cm³/mol. The summed E-state index contributed by atoms with van der Waals surface area (Å²) >= 11 is 0. The molecule has 5 N–H and O–H groups in total. The SMILES string of the molecule is CC.CCC(=O)OC.CN1CCN(C(=O)CNC(=O)c2ccc(N(N)/C=C\N)cc2)CC1. The second-order valence-electron chi connectivity index (χ2n) is 6.59. The van der Waals surface area contributed by atoms with E-state index in [2.05, 4.69) is 15.0 Å². The number of hydrazine groups is 1. The van der Waals surface area contributed by atoms with E-state index in [1.54, 1.807) is 36.1 Å². The van der Waals surface area contributed by atoms with Gasteiger partial charge in [0.25, 0.3) is 5.91 Å². The Labute approximate surface area is 191 Å². The van der Waals surface area contributed by atoms with Gasteiger partial charge in [-0.25, -0.2) is 5.84 Å². The third kappa shape index (κ3) is 10.8. The molecule has 1 saturated heterocycles. The Morgan fingerprint density at radius 3 is 2.12 bits per heavy atom. The summed E-state index contributed by atoms with van der Waals surface area (Å²) in [5.74, 6) is 5.23. The van der Waals surface area contributed by atoms with E-state index < -0.39 is 0 Å². The molecule has 0 aliphatic carbocycles. The first-order valence-corrected chi connectivity index (χ1v) is 10.7. The molecule has 0 unspecified atom stereocenters. The van der Waals surface area contributed by atoms with Crippen molar-refractivity contribution in [1.29, 1.82) is 0 Å². The molecule has 1 aliphatic rings. The molecule has 0 spiro atoms. The fourth-order valence-electron chi connectivity index (χ4n) is 2.53. The molecule has 0 atom stereocenters. The summed E-state index contributed by atoms with van der Waals surface area (Å²) in [5.41, 5.74) is 6.44.